The monoisotopic (exact) mass is 280 g/mol. The van der Waals surface area contributed by atoms with E-state index in [-0.39, 0.29) is 6.04 Å². The Morgan fingerprint density at radius 2 is 2.21 bits per heavy atom. The molecule has 104 valence electrons. The van der Waals surface area contributed by atoms with Crippen molar-refractivity contribution in [1.29, 1.82) is 0 Å². The minimum absolute atomic E-state index is 0.201. The van der Waals surface area contributed by atoms with Gasteiger partial charge in [0.05, 0.1) is 16.6 Å². The first-order valence-electron chi connectivity index (χ1n) is 6.54. The molecule has 0 aromatic carbocycles. The van der Waals surface area contributed by atoms with Crippen LogP contribution in [0.25, 0.3) is 0 Å². The molecule has 0 fully saturated rings. The quantitative estimate of drug-likeness (QED) is 0.875. The highest BCUT2D eigenvalue weighted by molar-refractivity contribution is 7.05. The number of rotatable bonds is 6. The molecule has 1 atom stereocenters. The fourth-order valence-electron chi connectivity index (χ4n) is 2.09. The number of aryl methyl sites for hydroxylation is 1. The van der Waals surface area contributed by atoms with Gasteiger partial charge < -0.3 is 5.32 Å². The Balaban J connectivity index is 2.22. The molecule has 2 aromatic rings. The molecule has 6 nitrogen and oxygen atoms in total. The molecule has 0 bridgehead atoms. The molecule has 0 aliphatic carbocycles. The second-order valence-corrected chi connectivity index (χ2v) is 5.54. The first-order chi connectivity index (χ1) is 9.13. The van der Waals surface area contributed by atoms with Crippen molar-refractivity contribution < 1.29 is 0 Å². The lowest BCUT2D eigenvalue weighted by Gasteiger charge is -2.17. The fraction of sp³-hybridized carbons (Fsp3) is 0.667. The minimum Gasteiger partial charge on any atom is -0.309 e. The molecule has 0 aliphatic rings. The summed E-state index contributed by atoms with van der Waals surface area (Å²) in [5.41, 5.74) is 0.992. The Bertz CT molecular complexity index is 518. The highest BCUT2D eigenvalue weighted by Crippen LogP contribution is 2.23. The van der Waals surface area contributed by atoms with Gasteiger partial charge >= 0.3 is 0 Å². The molecule has 1 N–H and O–H groups in total. The van der Waals surface area contributed by atoms with Crippen LogP contribution in [0.2, 0.25) is 0 Å². The predicted octanol–water partition coefficient (Wildman–Crippen LogP) is 1.91. The van der Waals surface area contributed by atoms with Gasteiger partial charge in [0.25, 0.3) is 0 Å². The van der Waals surface area contributed by atoms with Crippen LogP contribution in [0, 0.1) is 6.92 Å². The van der Waals surface area contributed by atoms with Crippen molar-refractivity contribution in [1.82, 2.24) is 29.7 Å². The van der Waals surface area contributed by atoms with Gasteiger partial charge in [0.1, 0.15) is 12.2 Å². The zero-order valence-electron chi connectivity index (χ0n) is 11.8. The van der Waals surface area contributed by atoms with E-state index >= 15 is 0 Å². The smallest absolute Gasteiger partial charge is 0.138 e. The van der Waals surface area contributed by atoms with Crippen molar-refractivity contribution in [3.05, 3.63) is 22.7 Å². The van der Waals surface area contributed by atoms with Gasteiger partial charge in [-0.25, -0.2) is 9.67 Å². The van der Waals surface area contributed by atoms with E-state index in [1.54, 1.807) is 6.33 Å². The molecule has 2 heterocycles. The molecule has 2 rings (SSSR count). The summed E-state index contributed by atoms with van der Waals surface area (Å²) in [6.07, 6.45) is 2.42. The second kappa shape index (κ2) is 6.21. The van der Waals surface area contributed by atoms with Crippen LogP contribution in [0.4, 0.5) is 0 Å². The summed E-state index contributed by atoms with van der Waals surface area (Å²) in [6, 6.07) is 0.521. The summed E-state index contributed by atoms with van der Waals surface area (Å²) in [5, 5.41) is 11.9. The van der Waals surface area contributed by atoms with Crippen LogP contribution in [0.1, 0.15) is 49.3 Å². The Labute approximate surface area is 117 Å². The fourth-order valence-corrected chi connectivity index (χ4v) is 2.81. The molecule has 0 saturated carbocycles. The van der Waals surface area contributed by atoms with E-state index in [4.69, 9.17) is 0 Å². The van der Waals surface area contributed by atoms with E-state index in [1.165, 1.54) is 16.4 Å². The largest absolute Gasteiger partial charge is 0.309 e. The number of hydrogen-bond donors (Lipinski definition) is 1. The third-order valence-corrected chi connectivity index (χ3v) is 3.92. The zero-order valence-corrected chi connectivity index (χ0v) is 12.6. The lowest BCUT2D eigenvalue weighted by molar-refractivity contribution is 0.470. The standard InChI is InChI=1S/C12H20N6S/c1-5-13-10(12-9(4)16-17-19-12)6-11-14-7-15-18(11)8(2)3/h7-8,10,13H,5-6H2,1-4H3. The lowest BCUT2D eigenvalue weighted by Crippen LogP contribution is -2.24. The third-order valence-electron chi connectivity index (χ3n) is 2.98. The molecule has 0 aliphatic heterocycles. The summed E-state index contributed by atoms with van der Waals surface area (Å²) in [5.74, 6) is 0.994. The van der Waals surface area contributed by atoms with E-state index in [2.05, 4.69) is 45.8 Å². The van der Waals surface area contributed by atoms with Crippen molar-refractivity contribution >= 4 is 11.5 Å². The van der Waals surface area contributed by atoms with Crippen LogP contribution in [0.15, 0.2) is 6.33 Å². The average Bonchev–Trinajstić information content (AvgIpc) is 2.97. The zero-order chi connectivity index (χ0) is 13.8. The second-order valence-electron chi connectivity index (χ2n) is 4.75. The van der Waals surface area contributed by atoms with E-state index < -0.39 is 0 Å². The van der Waals surface area contributed by atoms with Crippen LogP contribution >= 0.6 is 11.5 Å². The van der Waals surface area contributed by atoms with Gasteiger partial charge in [-0.1, -0.05) is 11.4 Å². The first kappa shape index (κ1) is 14.1. The molecule has 2 aromatic heterocycles. The van der Waals surface area contributed by atoms with Gasteiger partial charge in [0, 0.05) is 12.5 Å². The number of nitrogens with one attached hydrogen (secondary N) is 1. The number of nitrogens with zero attached hydrogens (tertiary/aromatic N) is 5. The molecular formula is C12H20N6S. The minimum atomic E-state index is 0.201. The average molecular weight is 280 g/mol. The maximum absolute atomic E-state index is 4.37. The molecule has 0 saturated heterocycles. The first-order valence-corrected chi connectivity index (χ1v) is 7.31. The molecule has 1 unspecified atom stereocenters. The van der Waals surface area contributed by atoms with E-state index in [1.807, 2.05) is 11.6 Å². The van der Waals surface area contributed by atoms with E-state index in [9.17, 15) is 0 Å². The van der Waals surface area contributed by atoms with Gasteiger partial charge in [-0.2, -0.15) is 5.10 Å². The number of aromatic nitrogens is 5. The molecule has 0 spiro atoms. The maximum atomic E-state index is 4.37. The van der Waals surface area contributed by atoms with Crippen molar-refractivity contribution in [2.75, 3.05) is 6.54 Å². The number of hydrogen-bond acceptors (Lipinski definition) is 6. The number of likely N-dealkylation sites (N-methyl/N-ethyl adjacent to an activating group) is 1. The van der Waals surface area contributed by atoms with Crippen LogP contribution in [0.3, 0.4) is 0 Å². The Morgan fingerprint density at radius 3 is 2.79 bits per heavy atom. The third kappa shape index (κ3) is 3.16. The van der Waals surface area contributed by atoms with Crippen molar-refractivity contribution in [3.63, 3.8) is 0 Å². The van der Waals surface area contributed by atoms with Crippen LogP contribution in [-0.2, 0) is 6.42 Å². The highest BCUT2D eigenvalue weighted by atomic mass is 32.1. The summed E-state index contributed by atoms with van der Waals surface area (Å²) >= 11 is 1.45. The van der Waals surface area contributed by atoms with Gasteiger partial charge in [-0.05, 0) is 38.8 Å². The molecule has 7 heteroatoms. The Kier molecular flexibility index (Phi) is 4.60. The Hall–Kier alpha value is -1.34. The van der Waals surface area contributed by atoms with Gasteiger partial charge in [0.15, 0.2) is 0 Å². The summed E-state index contributed by atoms with van der Waals surface area (Å²) in [4.78, 5) is 5.56. The van der Waals surface area contributed by atoms with Crippen LogP contribution in [-0.4, -0.2) is 30.9 Å². The maximum Gasteiger partial charge on any atom is 0.138 e. The topological polar surface area (TPSA) is 68.5 Å². The van der Waals surface area contributed by atoms with Crippen molar-refractivity contribution in [2.45, 2.75) is 46.2 Å². The van der Waals surface area contributed by atoms with Crippen molar-refractivity contribution in [3.8, 4) is 0 Å². The van der Waals surface area contributed by atoms with Crippen molar-refractivity contribution in [2.24, 2.45) is 0 Å². The van der Waals surface area contributed by atoms with Crippen LogP contribution < -0.4 is 5.32 Å². The van der Waals surface area contributed by atoms with E-state index in [0.717, 1.165) is 24.5 Å². The summed E-state index contributed by atoms with van der Waals surface area (Å²) in [6.45, 7) is 9.22. The molecule has 19 heavy (non-hydrogen) atoms. The Morgan fingerprint density at radius 1 is 1.42 bits per heavy atom. The molecular weight excluding hydrogens is 260 g/mol. The predicted molar refractivity (Wildman–Crippen MR) is 75.2 cm³/mol. The van der Waals surface area contributed by atoms with Gasteiger partial charge in [-0.3, -0.25) is 0 Å². The van der Waals surface area contributed by atoms with Crippen LogP contribution in [0.5, 0.6) is 0 Å². The van der Waals surface area contributed by atoms with Gasteiger partial charge in [-0.15, -0.1) is 5.10 Å². The highest BCUT2D eigenvalue weighted by Gasteiger charge is 2.20. The summed E-state index contributed by atoms with van der Waals surface area (Å²) in [7, 11) is 0. The van der Waals surface area contributed by atoms with Gasteiger partial charge in [0.2, 0.25) is 0 Å². The normalized spacial score (nSPS) is 13.1. The molecule has 0 amide bonds. The molecule has 0 radical (unpaired) electrons. The SMILES string of the molecule is CCNC(Cc1ncnn1C(C)C)c1snnc1C. The summed E-state index contributed by atoms with van der Waals surface area (Å²) < 4.78 is 5.99. The van der Waals surface area contributed by atoms with E-state index in [0.29, 0.717) is 6.04 Å². The lowest BCUT2D eigenvalue weighted by atomic mass is 10.1.